The quantitative estimate of drug-likeness (QED) is 0.898. The van der Waals surface area contributed by atoms with E-state index in [1.165, 1.54) is 32.2 Å². The normalized spacial score (nSPS) is 31.8. The average molecular weight is 331 g/mol. The van der Waals surface area contributed by atoms with Crippen LogP contribution in [-0.4, -0.2) is 61.5 Å². The van der Waals surface area contributed by atoms with Crippen LogP contribution < -0.4 is 5.32 Å². The summed E-state index contributed by atoms with van der Waals surface area (Å²) in [6, 6.07) is 4.67. The zero-order chi connectivity index (χ0) is 16.2. The zero-order valence-electron chi connectivity index (χ0n) is 14.4. The molecular weight excluding hydrogens is 302 g/mol. The van der Waals surface area contributed by atoms with Gasteiger partial charge in [-0.2, -0.15) is 0 Å². The molecule has 0 aromatic carbocycles. The fraction of sp³-hybridized carbons (Fsp3) is 0.737. The Morgan fingerprint density at radius 2 is 2.08 bits per heavy atom. The van der Waals surface area contributed by atoms with Gasteiger partial charge in [0.2, 0.25) is 0 Å². The van der Waals surface area contributed by atoms with Crippen LogP contribution in [0.25, 0.3) is 0 Å². The molecule has 1 aromatic heterocycles. The highest BCUT2D eigenvalue weighted by Gasteiger charge is 2.42. The van der Waals surface area contributed by atoms with Crippen molar-refractivity contribution in [2.75, 3.05) is 44.8 Å². The first-order chi connectivity index (χ1) is 11.9. The second kappa shape index (κ2) is 7.81. The summed E-state index contributed by atoms with van der Waals surface area (Å²) in [5, 5.41) is 3.54. The van der Waals surface area contributed by atoms with Crippen LogP contribution in [0.15, 0.2) is 24.5 Å². The van der Waals surface area contributed by atoms with Crippen LogP contribution in [-0.2, 0) is 9.47 Å². The first kappa shape index (κ1) is 16.3. The van der Waals surface area contributed by atoms with Gasteiger partial charge in [-0.1, -0.05) is 0 Å². The van der Waals surface area contributed by atoms with Crippen molar-refractivity contribution in [3.63, 3.8) is 0 Å². The van der Waals surface area contributed by atoms with Gasteiger partial charge in [-0.3, -0.25) is 9.88 Å². The van der Waals surface area contributed by atoms with E-state index in [4.69, 9.17) is 9.47 Å². The summed E-state index contributed by atoms with van der Waals surface area (Å²) in [4.78, 5) is 6.89. The molecule has 3 heterocycles. The van der Waals surface area contributed by atoms with E-state index in [1.54, 1.807) is 0 Å². The van der Waals surface area contributed by atoms with Crippen molar-refractivity contribution < 1.29 is 9.47 Å². The summed E-state index contributed by atoms with van der Waals surface area (Å²) >= 11 is 0. The van der Waals surface area contributed by atoms with Gasteiger partial charge in [-0.15, -0.1) is 0 Å². The molecule has 0 radical (unpaired) electrons. The van der Waals surface area contributed by atoms with E-state index >= 15 is 0 Å². The van der Waals surface area contributed by atoms with Gasteiger partial charge in [-0.05, 0) is 43.7 Å². The molecular formula is C19H29N3O2. The van der Waals surface area contributed by atoms with Crippen molar-refractivity contribution in [1.29, 1.82) is 0 Å². The van der Waals surface area contributed by atoms with Crippen molar-refractivity contribution in [3.05, 3.63) is 24.5 Å². The van der Waals surface area contributed by atoms with E-state index in [2.05, 4.69) is 21.3 Å². The van der Waals surface area contributed by atoms with Crippen LogP contribution >= 0.6 is 0 Å². The predicted octanol–water partition coefficient (Wildman–Crippen LogP) is 2.40. The monoisotopic (exact) mass is 331 g/mol. The number of ether oxygens (including phenoxy) is 2. The summed E-state index contributed by atoms with van der Waals surface area (Å²) in [5.74, 6) is 1.41. The number of hydrogen-bond donors (Lipinski definition) is 1. The molecule has 3 atom stereocenters. The van der Waals surface area contributed by atoms with Crippen LogP contribution in [0.4, 0.5) is 5.69 Å². The van der Waals surface area contributed by atoms with Crippen molar-refractivity contribution >= 4 is 5.69 Å². The molecule has 3 aliphatic rings. The van der Waals surface area contributed by atoms with E-state index < -0.39 is 0 Å². The number of anilines is 1. The number of nitrogens with one attached hydrogen (secondary N) is 1. The average Bonchev–Trinajstić information content (AvgIpc) is 3.06. The highest BCUT2D eigenvalue weighted by Crippen LogP contribution is 2.35. The molecule has 132 valence electrons. The summed E-state index contributed by atoms with van der Waals surface area (Å²) in [6.07, 6.45) is 9.07. The van der Waals surface area contributed by atoms with Gasteiger partial charge in [0.15, 0.2) is 0 Å². The molecule has 1 N–H and O–H groups in total. The molecule has 2 aliphatic heterocycles. The first-order valence-electron chi connectivity index (χ1n) is 9.47. The topological polar surface area (TPSA) is 46.6 Å². The Morgan fingerprint density at radius 3 is 2.92 bits per heavy atom. The van der Waals surface area contributed by atoms with E-state index in [9.17, 15) is 0 Å². The van der Waals surface area contributed by atoms with Gasteiger partial charge in [0.1, 0.15) is 0 Å². The summed E-state index contributed by atoms with van der Waals surface area (Å²) in [7, 11) is 0. The minimum atomic E-state index is 0.391. The molecule has 1 aliphatic carbocycles. The number of aromatic nitrogens is 1. The maximum absolute atomic E-state index is 6.20. The molecule has 0 bridgehead atoms. The Balaban J connectivity index is 1.32. The van der Waals surface area contributed by atoms with Gasteiger partial charge in [-0.25, -0.2) is 0 Å². The van der Waals surface area contributed by atoms with Crippen molar-refractivity contribution in [2.24, 2.45) is 11.8 Å². The molecule has 0 spiro atoms. The smallest absolute Gasteiger partial charge is 0.0775 e. The second-order valence-electron chi connectivity index (χ2n) is 7.41. The van der Waals surface area contributed by atoms with Gasteiger partial charge >= 0.3 is 0 Å². The molecule has 5 heteroatoms. The van der Waals surface area contributed by atoms with Crippen LogP contribution in [0.3, 0.4) is 0 Å². The summed E-state index contributed by atoms with van der Waals surface area (Å²) < 4.78 is 11.7. The number of hydrogen-bond acceptors (Lipinski definition) is 5. The minimum absolute atomic E-state index is 0.391. The lowest BCUT2D eigenvalue weighted by Crippen LogP contribution is -2.52. The Labute approximate surface area is 144 Å². The predicted molar refractivity (Wildman–Crippen MR) is 94.1 cm³/mol. The number of pyridine rings is 1. The molecule has 5 nitrogen and oxygen atoms in total. The highest BCUT2D eigenvalue weighted by atomic mass is 16.5. The summed E-state index contributed by atoms with van der Waals surface area (Å²) in [5.41, 5.74) is 1.11. The molecule has 0 amide bonds. The Bertz CT molecular complexity index is 507. The maximum Gasteiger partial charge on any atom is 0.0775 e. The molecule has 4 rings (SSSR count). The Hall–Kier alpha value is -1.17. The molecule has 1 aromatic rings. The lowest BCUT2D eigenvalue weighted by atomic mass is 9.97. The van der Waals surface area contributed by atoms with E-state index in [1.807, 2.05) is 18.5 Å². The third kappa shape index (κ3) is 3.73. The largest absolute Gasteiger partial charge is 0.383 e. The third-order valence-corrected chi connectivity index (χ3v) is 5.90. The van der Waals surface area contributed by atoms with Crippen molar-refractivity contribution in [3.8, 4) is 0 Å². The molecule has 3 fully saturated rings. The van der Waals surface area contributed by atoms with Crippen LogP contribution in [0.5, 0.6) is 0 Å². The van der Waals surface area contributed by atoms with Gasteiger partial charge in [0.05, 0.1) is 18.4 Å². The van der Waals surface area contributed by atoms with Crippen molar-refractivity contribution in [2.45, 2.75) is 37.8 Å². The molecule has 24 heavy (non-hydrogen) atoms. The lowest BCUT2D eigenvalue weighted by Gasteiger charge is -2.41. The molecule has 2 saturated heterocycles. The fourth-order valence-corrected chi connectivity index (χ4v) is 4.56. The molecule has 3 unspecified atom stereocenters. The first-order valence-corrected chi connectivity index (χ1v) is 9.47. The summed E-state index contributed by atoms with van der Waals surface area (Å²) in [6.45, 7) is 6.09. The minimum Gasteiger partial charge on any atom is -0.383 e. The molecule has 1 saturated carbocycles. The standard InChI is InChI=1S/C19H29N3O2/c1-2-17(13-20-7-1)21-12-16-3-4-18-19(16)24-11-8-22(18)14-15-5-9-23-10-6-15/h1-2,7,13,15-16,18-19,21H,3-6,8-12,14H2. The maximum atomic E-state index is 6.20. The van der Waals surface area contributed by atoms with Crippen LogP contribution in [0.2, 0.25) is 0 Å². The van der Waals surface area contributed by atoms with Gasteiger partial charge in [0.25, 0.3) is 0 Å². The lowest BCUT2D eigenvalue weighted by molar-refractivity contribution is -0.0797. The number of nitrogens with zero attached hydrogens (tertiary/aromatic N) is 2. The van der Waals surface area contributed by atoms with Crippen LogP contribution in [0.1, 0.15) is 25.7 Å². The Kier molecular flexibility index (Phi) is 5.30. The highest BCUT2D eigenvalue weighted by molar-refractivity contribution is 5.39. The number of morpholine rings is 1. The van der Waals surface area contributed by atoms with Crippen LogP contribution in [0, 0.1) is 11.8 Å². The number of fused-ring (bicyclic) bond motifs is 1. The third-order valence-electron chi connectivity index (χ3n) is 5.90. The van der Waals surface area contributed by atoms with Gasteiger partial charge < -0.3 is 14.8 Å². The van der Waals surface area contributed by atoms with Crippen molar-refractivity contribution in [1.82, 2.24) is 9.88 Å². The van der Waals surface area contributed by atoms with E-state index in [0.717, 1.165) is 44.5 Å². The second-order valence-corrected chi connectivity index (χ2v) is 7.41. The SMILES string of the molecule is c1cncc(NCC2CCC3C2OCCN3CC2CCOCC2)c1. The fourth-order valence-electron chi connectivity index (χ4n) is 4.56. The van der Waals surface area contributed by atoms with E-state index in [-0.39, 0.29) is 0 Å². The number of rotatable bonds is 5. The van der Waals surface area contributed by atoms with Gasteiger partial charge in [0, 0.05) is 57.2 Å². The zero-order valence-corrected chi connectivity index (χ0v) is 14.4. The Morgan fingerprint density at radius 1 is 1.17 bits per heavy atom. The van der Waals surface area contributed by atoms with E-state index in [0.29, 0.717) is 18.1 Å².